The van der Waals surface area contributed by atoms with Crippen molar-refractivity contribution in [3.8, 4) is 0 Å². The van der Waals surface area contributed by atoms with E-state index in [1.807, 2.05) is 6.07 Å². The molecule has 2 nitrogen and oxygen atoms in total. The van der Waals surface area contributed by atoms with Gasteiger partial charge in [0, 0.05) is 4.88 Å². The zero-order chi connectivity index (χ0) is 15.0. The fourth-order valence-corrected chi connectivity index (χ4v) is 3.89. The number of para-hydroxylation sites is 1. The van der Waals surface area contributed by atoms with Gasteiger partial charge in [-0.15, -0.1) is 11.3 Å². The van der Waals surface area contributed by atoms with Crippen LogP contribution in [0.5, 0.6) is 0 Å². The highest BCUT2D eigenvalue weighted by Crippen LogP contribution is 2.32. The van der Waals surface area contributed by atoms with E-state index >= 15 is 0 Å². The van der Waals surface area contributed by atoms with Crippen molar-refractivity contribution in [1.82, 2.24) is 0 Å². The van der Waals surface area contributed by atoms with Gasteiger partial charge < -0.3 is 5.32 Å². The van der Waals surface area contributed by atoms with Crippen LogP contribution in [-0.2, 0) is 12.8 Å². The van der Waals surface area contributed by atoms with Gasteiger partial charge in [0.05, 0.1) is 10.6 Å². The van der Waals surface area contributed by atoms with Crippen LogP contribution >= 0.6 is 11.3 Å². The number of thiophene rings is 1. The molecule has 2 aromatic rings. The van der Waals surface area contributed by atoms with E-state index in [9.17, 15) is 9.18 Å². The summed E-state index contributed by atoms with van der Waals surface area (Å²) in [6.45, 7) is 4.03. The Morgan fingerprint density at radius 1 is 1.43 bits per heavy atom. The summed E-state index contributed by atoms with van der Waals surface area (Å²) in [6, 6.07) is 6.77. The van der Waals surface area contributed by atoms with Crippen LogP contribution in [0.1, 0.15) is 39.0 Å². The predicted molar refractivity (Wildman–Crippen MR) is 84.6 cm³/mol. The fraction of sp³-hybridized carbons (Fsp3) is 0.353. The SMILES string of the molecule is Cc1cccc(F)c1NC(=O)c1cc2c(s1)CCC(C)C2. The Morgan fingerprint density at radius 3 is 3.00 bits per heavy atom. The van der Waals surface area contributed by atoms with Gasteiger partial charge in [-0.3, -0.25) is 4.79 Å². The summed E-state index contributed by atoms with van der Waals surface area (Å²) in [5, 5.41) is 2.71. The number of amides is 1. The number of hydrogen-bond donors (Lipinski definition) is 1. The molecule has 1 aliphatic rings. The van der Waals surface area contributed by atoms with E-state index in [4.69, 9.17) is 0 Å². The van der Waals surface area contributed by atoms with Crippen LogP contribution in [0, 0.1) is 18.7 Å². The highest BCUT2D eigenvalue weighted by Gasteiger charge is 2.21. The van der Waals surface area contributed by atoms with E-state index in [-0.39, 0.29) is 11.6 Å². The largest absolute Gasteiger partial charge is 0.319 e. The second-order valence-corrected chi connectivity index (χ2v) is 6.93. The highest BCUT2D eigenvalue weighted by atomic mass is 32.1. The average molecular weight is 303 g/mol. The van der Waals surface area contributed by atoms with Crippen molar-refractivity contribution in [3.63, 3.8) is 0 Å². The van der Waals surface area contributed by atoms with Crippen LogP contribution in [0.2, 0.25) is 0 Å². The number of halogens is 1. The summed E-state index contributed by atoms with van der Waals surface area (Å²) in [5.74, 6) is 0.0744. The van der Waals surface area contributed by atoms with Gasteiger partial charge in [0.2, 0.25) is 0 Å². The molecule has 0 bridgehead atoms. The van der Waals surface area contributed by atoms with Gasteiger partial charge >= 0.3 is 0 Å². The Hall–Kier alpha value is -1.68. The quantitative estimate of drug-likeness (QED) is 0.865. The first-order chi connectivity index (χ1) is 10.0. The molecular formula is C17H18FNOS. The molecule has 1 heterocycles. The fourth-order valence-electron chi connectivity index (χ4n) is 2.78. The van der Waals surface area contributed by atoms with Crippen molar-refractivity contribution in [2.75, 3.05) is 5.32 Å². The van der Waals surface area contributed by atoms with Crippen molar-refractivity contribution in [3.05, 3.63) is 51.0 Å². The maximum atomic E-state index is 13.8. The lowest BCUT2D eigenvalue weighted by molar-refractivity contribution is 0.103. The maximum absolute atomic E-state index is 13.8. The van der Waals surface area contributed by atoms with Crippen LogP contribution in [0.25, 0.3) is 0 Å². The van der Waals surface area contributed by atoms with Gasteiger partial charge in [-0.1, -0.05) is 19.1 Å². The van der Waals surface area contributed by atoms with Gasteiger partial charge in [-0.05, 0) is 55.4 Å². The molecule has 1 N–H and O–H groups in total. The monoisotopic (exact) mass is 303 g/mol. The topological polar surface area (TPSA) is 29.1 Å². The van der Waals surface area contributed by atoms with Crippen molar-refractivity contribution in [2.24, 2.45) is 5.92 Å². The Balaban J connectivity index is 1.83. The van der Waals surface area contributed by atoms with Gasteiger partial charge in [-0.2, -0.15) is 0 Å². The number of fused-ring (bicyclic) bond motifs is 1. The molecule has 1 unspecified atom stereocenters. The minimum atomic E-state index is -0.390. The lowest BCUT2D eigenvalue weighted by Crippen LogP contribution is -2.12. The molecule has 1 aromatic carbocycles. The molecule has 1 aromatic heterocycles. The first-order valence-corrected chi connectivity index (χ1v) is 8.04. The minimum Gasteiger partial charge on any atom is -0.319 e. The summed E-state index contributed by atoms with van der Waals surface area (Å²) >= 11 is 1.54. The van der Waals surface area contributed by atoms with Crippen molar-refractivity contribution < 1.29 is 9.18 Å². The average Bonchev–Trinajstić information content (AvgIpc) is 2.86. The predicted octanol–water partition coefficient (Wildman–Crippen LogP) is 4.57. The van der Waals surface area contributed by atoms with Crippen molar-refractivity contribution in [2.45, 2.75) is 33.1 Å². The number of rotatable bonds is 2. The van der Waals surface area contributed by atoms with E-state index in [0.717, 1.165) is 18.4 Å². The number of carbonyl (C=O) groups excluding carboxylic acids is 1. The first-order valence-electron chi connectivity index (χ1n) is 7.22. The Morgan fingerprint density at radius 2 is 2.24 bits per heavy atom. The molecule has 0 saturated heterocycles. The number of aryl methyl sites for hydroxylation is 2. The summed E-state index contributed by atoms with van der Waals surface area (Å²) in [6.07, 6.45) is 3.27. The molecule has 110 valence electrons. The molecule has 4 heteroatoms. The van der Waals surface area contributed by atoms with Crippen molar-refractivity contribution >= 4 is 22.9 Å². The number of benzene rings is 1. The molecule has 0 spiro atoms. The van der Waals surface area contributed by atoms with E-state index < -0.39 is 5.82 Å². The van der Waals surface area contributed by atoms with Crippen LogP contribution in [0.15, 0.2) is 24.3 Å². The molecule has 0 radical (unpaired) electrons. The molecule has 0 fully saturated rings. The van der Waals surface area contributed by atoms with Gasteiger partial charge in [-0.25, -0.2) is 4.39 Å². The highest BCUT2D eigenvalue weighted by molar-refractivity contribution is 7.14. The van der Waals surface area contributed by atoms with Crippen molar-refractivity contribution in [1.29, 1.82) is 0 Å². The molecule has 0 aliphatic heterocycles. The van der Waals surface area contributed by atoms with Crippen LogP contribution < -0.4 is 5.32 Å². The van der Waals surface area contributed by atoms with E-state index in [1.165, 1.54) is 22.9 Å². The van der Waals surface area contributed by atoms with Gasteiger partial charge in [0.1, 0.15) is 5.82 Å². The van der Waals surface area contributed by atoms with Gasteiger partial charge in [0.25, 0.3) is 5.91 Å². The molecule has 3 rings (SSSR count). The zero-order valence-electron chi connectivity index (χ0n) is 12.2. The Labute approximate surface area is 128 Å². The third-order valence-corrected chi connectivity index (χ3v) is 5.25. The summed E-state index contributed by atoms with van der Waals surface area (Å²) in [4.78, 5) is 14.3. The minimum absolute atomic E-state index is 0.213. The molecular weight excluding hydrogens is 285 g/mol. The lowest BCUT2D eigenvalue weighted by atomic mass is 9.90. The molecule has 0 saturated carbocycles. The van der Waals surface area contributed by atoms with E-state index in [0.29, 0.717) is 10.8 Å². The van der Waals surface area contributed by atoms with Crippen LogP contribution in [0.3, 0.4) is 0 Å². The summed E-state index contributed by atoms with van der Waals surface area (Å²) in [7, 11) is 0. The number of anilines is 1. The zero-order valence-corrected chi connectivity index (χ0v) is 13.0. The second kappa shape index (κ2) is 5.60. The standard InChI is InChI=1S/C17H18FNOS/c1-10-6-7-14-12(8-10)9-15(21-14)17(20)19-16-11(2)4-3-5-13(16)18/h3-5,9-10H,6-8H2,1-2H3,(H,19,20). The Bertz CT molecular complexity index is 672. The van der Waals surface area contributed by atoms with E-state index in [2.05, 4.69) is 12.2 Å². The number of nitrogens with one attached hydrogen (secondary N) is 1. The maximum Gasteiger partial charge on any atom is 0.265 e. The van der Waals surface area contributed by atoms with Gasteiger partial charge in [0.15, 0.2) is 0 Å². The Kier molecular flexibility index (Phi) is 3.81. The number of hydrogen-bond acceptors (Lipinski definition) is 2. The molecule has 1 atom stereocenters. The summed E-state index contributed by atoms with van der Waals surface area (Å²) in [5.41, 5.74) is 2.30. The lowest BCUT2D eigenvalue weighted by Gasteiger charge is -2.16. The molecule has 21 heavy (non-hydrogen) atoms. The first kappa shape index (κ1) is 14.3. The number of carbonyl (C=O) groups is 1. The second-order valence-electron chi connectivity index (χ2n) is 5.79. The third kappa shape index (κ3) is 2.86. The van der Waals surface area contributed by atoms with Crippen LogP contribution in [-0.4, -0.2) is 5.91 Å². The normalized spacial score (nSPS) is 17.4. The summed E-state index contributed by atoms with van der Waals surface area (Å²) < 4.78 is 13.8. The van der Waals surface area contributed by atoms with Crippen LogP contribution in [0.4, 0.5) is 10.1 Å². The smallest absolute Gasteiger partial charge is 0.265 e. The van der Waals surface area contributed by atoms with E-state index in [1.54, 1.807) is 30.4 Å². The molecule has 1 aliphatic carbocycles. The molecule has 1 amide bonds. The third-order valence-electron chi connectivity index (χ3n) is 4.01.